The van der Waals surface area contributed by atoms with Crippen molar-refractivity contribution in [1.82, 2.24) is 10.3 Å². The van der Waals surface area contributed by atoms with E-state index < -0.39 is 16.6 Å². The Morgan fingerprint density at radius 1 is 0.696 bits per heavy atom. The van der Waals surface area contributed by atoms with Crippen molar-refractivity contribution in [3.63, 3.8) is 0 Å². The van der Waals surface area contributed by atoms with Gasteiger partial charge in [0.05, 0.1) is 18.0 Å². The van der Waals surface area contributed by atoms with E-state index in [1.807, 2.05) is 6.92 Å². The molecule has 3 atom stereocenters. The van der Waals surface area contributed by atoms with Crippen LogP contribution in [0.4, 0.5) is 0 Å². The average molecular weight is 671 g/mol. The number of hydrogen-bond acceptors (Lipinski definition) is 5. The molecule has 0 fully saturated rings. The summed E-state index contributed by atoms with van der Waals surface area (Å²) in [4.78, 5) is 3.72. The van der Waals surface area contributed by atoms with Crippen LogP contribution in [0.3, 0.4) is 0 Å². The second-order valence-corrected chi connectivity index (χ2v) is 26.4. The van der Waals surface area contributed by atoms with E-state index in [1.54, 1.807) is 7.11 Å². The summed E-state index contributed by atoms with van der Waals surface area (Å²) in [6.45, 7) is 33.7. The van der Waals surface area contributed by atoms with Crippen LogP contribution in [-0.2, 0) is 9.16 Å². The highest BCUT2D eigenvalue weighted by atomic mass is 28.4. The van der Waals surface area contributed by atoms with Crippen LogP contribution in [0.2, 0.25) is 33.2 Å². The molecular formula is C38H66N2O4Si2. The molecule has 0 amide bonds. The van der Waals surface area contributed by atoms with Crippen molar-refractivity contribution in [3.05, 3.63) is 42.1 Å². The van der Waals surface area contributed by atoms with Crippen LogP contribution < -0.4 is 14.5 Å². The van der Waals surface area contributed by atoms with Gasteiger partial charge in [0.2, 0.25) is 0 Å². The number of ether oxygens (including phenoxy) is 2. The van der Waals surface area contributed by atoms with Crippen LogP contribution in [0, 0.1) is 5.92 Å². The molecule has 2 N–H and O–H groups in total. The van der Waals surface area contributed by atoms with E-state index in [-0.39, 0.29) is 6.10 Å². The highest BCUT2D eigenvalue weighted by Gasteiger charge is 2.47. The number of methoxy groups -OCH3 is 1. The number of H-pyrrole nitrogens is 1. The summed E-state index contributed by atoms with van der Waals surface area (Å²) in [5, 5.41) is 3.75. The first-order valence-corrected chi connectivity index (χ1v) is 22.1. The molecule has 0 saturated carbocycles. The molecule has 1 aromatic heterocycles. The molecule has 8 heteroatoms. The minimum atomic E-state index is -2.16. The summed E-state index contributed by atoms with van der Waals surface area (Å²) < 4.78 is 25.9. The van der Waals surface area contributed by atoms with Crippen LogP contribution in [0.5, 0.6) is 11.5 Å². The van der Waals surface area contributed by atoms with E-state index in [1.165, 1.54) is 0 Å². The molecule has 46 heavy (non-hydrogen) atoms. The zero-order valence-corrected chi connectivity index (χ0v) is 33.7. The highest BCUT2D eigenvalue weighted by Crippen LogP contribution is 2.45. The van der Waals surface area contributed by atoms with Crippen molar-refractivity contribution in [3.8, 4) is 22.8 Å². The smallest absolute Gasteiger partial charge is 0.258 e. The van der Waals surface area contributed by atoms with E-state index >= 15 is 0 Å². The lowest BCUT2D eigenvalue weighted by atomic mass is 10.1. The summed E-state index contributed by atoms with van der Waals surface area (Å²) >= 11 is 0. The molecule has 0 aliphatic carbocycles. The average Bonchev–Trinajstić information content (AvgIpc) is 3.58. The molecule has 0 saturated heterocycles. The van der Waals surface area contributed by atoms with Crippen LogP contribution in [0.1, 0.15) is 103 Å². The number of aromatic amines is 1. The Bertz CT molecular complexity index is 1240. The molecule has 260 valence electrons. The zero-order valence-electron chi connectivity index (χ0n) is 31.7. The Morgan fingerprint density at radius 2 is 1.22 bits per heavy atom. The van der Waals surface area contributed by atoms with Gasteiger partial charge in [-0.2, -0.15) is 0 Å². The van der Waals surface area contributed by atoms with Gasteiger partial charge in [-0.25, -0.2) is 0 Å². The van der Waals surface area contributed by atoms with Gasteiger partial charge < -0.3 is 28.6 Å². The van der Waals surface area contributed by atoms with E-state index in [2.05, 4.69) is 137 Å². The van der Waals surface area contributed by atoms with Crippen LogP contribution in [0.25, 0.3) is 17.0 Å². The molecule has 3 rings (SSSR count). The minimum Gasteiger partial charge on any atom is -0.543 e. The van der Waals surface area contributed by atoms with Crippen LogP contribution in [-0.4, -0.2) is 54.1 Å². The summed E-state index contributed by atoms with van der Waals surface area (Å²) in [6.07, 6.45) is 2.29. The number of benzene rings is 1. The molecule has 0 radical (unpaired) electrons. The fourth-order valence-corrected chi connectivity index (χ4v) is 19.2. The van der Waals surface area contributed by atoms with Crippen molar-refractivity contribution < 1.29 is 18.3 Å². The van der Waals surface area contributed by atoms with Gasteiger partial charge in [0, 0.05) is 43.0 Å². The monoisotopic (exact) mass is 670 g/mol. The predicted molar refractivity (Wildman–Crippen MR) is 201 cm³/mol. The van der Waals surface area contributed by atoms with E-state index in [0.29, 0.717) is 51.8 Å². The number of nitrogens with one attached hydrogen (secondary N) is 2. The first-order chi connectivity index (χ1) is 21.5. The normalized spacial score (nSPS) is 18.3. The largest absolute Gasteiger partial charge is 0.543 e. The second kappa shape index (κ2) is 15.9. The predicted octanol–water partition coefficient (Wildman–Crippen LogP) is 10.8. The van der Waals surface area contributed by atoms with Crippen LogP contribution in [0.15, 0.2) is 36.4 Å². The van der Waals surface area contributed by atoms with Gasteiger partial charge in [0.25, 0.3) is 8.32 Å². The van der Waals surface area contributed by atoms with E-state index in [9.17, 15) is 0 Å². The lowest BCUT2D eigenvalue weighted by molar-refractivity contribution is 0.0920. The molecule has 0 spiro atoms. The first kappa shape index (κ1) is 38.4. The Hall–Kier alpha value is -2.01. The third-order valence-corrected chi connectivity index (χ3v) is 22.6. The van der Waals surface area contributed by atoms with Gasteiger partial charge in [-0.05, 0) is 71.4 Å². The van der Waals surface area contributed by atoms with E-state index in [0.717, 1.165) is 40.8 Å². The molecule has 6 nitrogen and oxygen atoms in total. The van der Waals surface area contributed by atoms with E-state index in [4.69, 9.17) is 18.3 Å². The Morgan fingerprint density at radius 3 is 1.74 bits per heavy atom. The maximum Gasteiger partial charge on any atom is 0.258 e. The molecule has 1 aromatic carbocycles. The summed E-state index contributed by atoms with van der Waals surface area (Å²) in [7, 11) is -2.38. The molecule has 0 unspecified atom stereocenters. The summed E-state index contributed by atoms with van der Waals surface area (Å²) in [6, 6.07) is 11.0. The third kappa shape index (κ3) is 8.16. The molecule has 2 heterocycles. The van der Waals surface area contributed by atoms with Gasteiger partial charge in [0.1, 0.15) is 17.6 Å². The van der Waals surface area contributed by atoms with Gasteiger partial charge in [-0.1, -0.05) is 89.2 Å². The first-order valence-electron chi connectivity index (χ1n) is 17.8. The van der Waals surface area contributed by atoms with Crippen molar-refractivity contribution in [2.75, 3.05) is 20.3 Å². The zero-order chi connectivity index (χ0) is 34.6. The lowest BCUT2D eigenvalue weighted by Gasteiger charge is -2.43. The second-order valence-electron chi connectivity index (χ2n) is 15.6. The quantitative estimate of drug-likeness (QED) is 0.164. The molecule has 1 aliphatic rings. The maximum absolute atomic E-state index is 7.15. The fourth-order valence-electron chi connectivity index (χ4n) is 8.49. The van der Waals surface area contributed by atoms with Gasteiger partial charge in [0.15, 0.2) is 8.32 Å². The van der Waals surface area contributed by atoms with Crippen molar-refractivity contribution >= 4 is 22.3 Å². The molecule has 2 aromatic rings. The SMILES string of the molecule is COC[C@H](C)Oc1cc(O[Si](C(C)C)(C(C)C)C(C)C)cc(-c2ccc(C3=C[C@@H](CO[Si](C(C)C)(C(C)C)C(C)C)[C@H](C)N3)[nH]2)c1. The minimum absolute atomic E-state index is 0.0769. The number of aromatic nitrogens is 1. The van der Waals surface area contributed by atoms with Crippen molar-refractivity contribution in [1.29, 1.82) is 0 Å². The van der Waals surface area contributed by atoms with Crippen molar-refractivity contribution in [2.24, 2.45) is 5.92 Å². The summed E-state index contributed by atoms with van der Waals surface area (Å²) in [5.41, 5.74) is 7.46. The Balaban J connectivity index is 1.95. The summed E-state index contributed by atoms with van der Waals surface area (Å²) in [5.74, 6) is 2.00. The number of rotatable bonds is 17. The van der Waals surface area contributed by atoms with Crippen LogP contribution >= 0.6 is 0 Å². The Kier molecular flexibility index (Phi) is 13.3. The third-order valence-electron chi connectivity index (χ3n) is 10.5. The Labute approximate surface area is 283 Å². The van der Waals surface area contributed by atoms with Crippen molar-refractivity contribution in [2.45, 2.75) is 142 Å². The van der Waals surface area contributed by atoms with Gasteiger partial charge in [-0.15, -0.1) is 0 Å². The molecule has 1 aliphatic heterocycles. The number of hydrogen-bond donors (Lipinski definition) is 2. The topological polar surface area (TPSA) is 64.7 Å². The van der Waals surface area contributed by atoms with Gasteiger partial charge >= 0.3 is 0 Å². The molecule has 0 bridgehead atoms. The lowest BCUT2D eigenvalue weighted by Crippen LogP contribution is -2.50. The highest BCUT2D eigenvalue weighted by molar-refractivity contribution is 6.78. The fraction of sp³-hybridized carbons (Fsp3) is 0.684. The standard InChI is InChI=1S/C38H66N2O4Si2/c1-24(2)45(25(3)4,26(5)6)42-23-33-20-38(39-31(33)14)37-17-16-36(40-37)32-18-34(43-30(13)22-41-15)21-35(19-32)44-46(27(7)8,28(9)10)29(11)12/h16-21,24-31,33,39-40H,22-23H2,1-15H3/t30-,31-,33-/m0/s1. The maximum atomic E-state index is 7.15. The molecular weight excluding hydrogens is 605 g/mol. The van der Waals surface area contributed by atoms with Gasteiger partial charge in [-0.3, -0.25) is 0 Å².